The normalized spacial score (nSPS) is 10.4. The van der Waals surface area contributed by atoms with Gasteiger partial charge in [-0.3, -0.25) is 0 Å². The van der Waals surface area contributed by atoms with Gasteiger partial charge in [0.2, 0.25) is 0 Å². The van der Waals surface area contributed by atoms with Crippen LogP contribution in [0.4, 0.5) is 11.4 Å². The van der Waals surface area contributed by atoms with Crippen molar-refractivity contribution in [3.63, 3.8) is 0 Å². The highest BCUT2D eigenvalue weighted by molar-refractivity contribution is 5.48. The Bertz CT molecular complexity index is 551. The molecule has 0 bridgehead atoms. The van der Waals surface area contributed by atoms with Gasteiger partial charge in [0.25, 0.3) is 0 Å². The molecule has 3 heteroatoms. The number of nitrogens with two attached hydrogens (primary N) is 1. The average molecular weight is 284 g/mol. The van der Waals surface area contributed by atoms with Crippen molar-refractivity contribution in [3.05, 3.63) is 54.1 Å². The first kappa shape index (κ1) is 15.2. The van der Waals surface area contributed by atoms with Crippen molar-refractivity contribution in [1.82, 2.24) is 0 Å². The quantitative estimate of drug-likeness (QED) is 0.619. The molecule has 0 spiro atoms. The van der Waals surface area contributed by atoms with E-state index in [9.17, 15) is 0 Å². The molecule has 0 aromatic heterocycles. The summed E-state index contributed by atoms with van der Waals surface area (Å²) < 4.78 is 5.73. The summed E-state index contributed by atoms with van der Waals surface area (Å²) in [5, 5.41) is 0. The third-order valence-corrected chi connectivity index (χ3v) is 3.47. The van der Waals surface area contributed by atoms with Crippen molar-refractivity contribution in [2.75, 3.05) is 30.3 Å². The van der Waals surface area contributed by atoms with Crippen LogP contribution in [0, 0.1) is 6.92 Å². The molecule has 0 aliphatic heterocycles. The Hall–Kier alpha value is -2.16. The zero-order chi connectivity index (χ0) is 15.1. The maximum Gasteiger partial charge on any atom is 0.119 e. The first-order chi connectivity index (χ1) is 10.2. The lowest BCUT2D eigenvalue weighted by Gasteiger charge is -2.23. The molecule has 0 saturated carbocycles. The molecule has 112 valence electrons. The van der Waals surface area contributed by atoms with Crippen LogP contribution in [0.2, 0.25) is 0 Å². The summed E-state index contributed by atoms with van der Waals surface area (Å²) in [6, 6.07) is 16.2. The lowest BCUT2D eigenvalue weighted by molar-refractivity contribution is 0.312. The number of rotatable bonds is 7. The zero-order valence-electron chi connectivity index (χ0n) is 12.9. The summed E-state index contributed by atoms with van der Waals surface area (Å²) in [6.45, 7) is 7.03. The molecule has 3 nitrogen and oxygen atoms in total. The second-order valence-corrected chi connectivity index (χ2v) is 5.19. The Morgan fingerprint density at radius 3 is 2.52 bits per heavy atom. The molecule has 0 heterocycles. The fraction of sp³-hybridized carbons (Fsp3) is 0.333. The topological polar surface area (TPSA) is 38.5 Å². The molecular formula is C18H24N2O. The van der Waals surface area contributed by atoms with Gasteiger partial charge >= 0.3 is 0 Å². The highest BCUT2D eigenvalue weighted by Crippen LogP contribution is 2.16. The van der Waals surface area contributed by atoms with Gasteiger partial charge < -0.3 is 15.4 Å². The zero-order valence-corrected chi connectivity index (χ0v) is 12.9. The van der Waals surface area contributed by atoms with Gasteiger partial charge in [0.1, 0.15) is 5.75 Å². The number of benzene rings is 2. The molecule has 0 atom stereocenters. The van der Waals surface area contributed by atoms with Crippen molar-refractivity contribution in [2.24, 2.45) is 0 Å². The van der Waals surface area contributed by atoms with Crippen molar-refractivity contribution in [1.29, 1.82) is 0 Å². The van der Waals surface area contributed by atoms with Crippen LogP contribution in [-0.2, 0) is 0 Å². The average Bonchev–Trinajstić information content (AvgIpc) is 2.49. The van der Waals surface area contributed by atoms with E-state index < -0.39 is 0 Å². The molecule has 21 heavy (non-hydrogen) atoms. The van der Waals surface area contributed by atoms with Crippen molar-refractivity contribution >= 4 is 11.4 Å². The Kier molecular flexibility index (Phi) is 5.50. The lowest BCUT2D eigenvalue weighted by Crippen LogP contribution is -2.25. The second kappa shape index (κ2) is 7.58. The summed E-state index contributed by atoms with van der Waals surface area (Å²) in [6.07, 6.45) is 0.992. The molecule has 0 fully saturated rings. The molecule has 0 saturated heterocycles. The predicted octanol–water partition coefficient (Wildman–Crippen LogP) is 3.87. The minimum absolute atomic E-state index is 0.715. The molecule has 0 amide bonds. The summed E-state index contributed by atoms with van der Waals surface area (Å²) >= 11 is 0. The summed E-state index contributed by atoms with van der Waals surface area (Å²) in [4.78, 5) is 2.37. The first-order valence-electron chi connectivity index (χ1n) is 7.49. The molecule has 0 radical (unpaired) electrons. The van der Waals surface area contributed by atoms with Gasteiger partial charge in [-0.2, -0.15) is 0 Å². The number of aryl methyl sites for hydroxylation is 1. The van der Waals surface area contributed by atoms with Gasteiger partial charge in [-0.25, -0.2) is 0 Å². The largest absolute Gasteiger partial charge is 0.494 e. The van der Waals surface area contributed by atoms with Crippen LogP contribution >= 0.6 is 0 Å². The third kappa shape index (κ3) is 4.71. The molecule has 2 aromatic carbocycles. The van der Waals surface area contributed by atoms with Crippen LogP contribution in [0.25, 0.3) is 0 Å². The minimum Gasteiger partial charge on any atom is -0.494 e. The van der Waals surface area contributed by atoms with E-state index in [1.165, 1.54) is 11.3 Å². The van der Waals surface area contributed by atoms with E-state index >= 15 is 0 Å². The Labute approximate surface area is 127 Å². The highest BCUT2D eigenvalue weighted by atomic mass is 16.5. The second-order valence-electron chi connectivity index (χ2n) is 5.19. The standard InChI is InChI=1S/C18H24N2O/c1-3-20(17-7-4-6-15(2)14-17)12-5-13-21-18-10-8-16(19)9-11-18/h4,6-11,14H,3,5,12-13,19H2,1-2H3. The monoisotopic (exact) mass is 284 g/mol. The van der Waals surface area contributed by atoms with Gasteiger partial charge in [-0.05, 0) is 62.2 Å². The van der Waals surface area contributed by atoms with Gasteiger partial charge in [0.05, 0.1) is 6.61 Å². The molecular weight excluding hydrogens is 260 g/mol. The number of nitrogen functional groups attached to an aromatic ring is 1. The molecule has 0 aliphatic rings. The number of hydrogen-bond acceptors (Lipinski definition) is 3. The summed E-state index contributed by atoms with van der Waals surface area (Å²) in [5.41, 5.74) is 8.99. The van der Waals surface area contributed by atoms with Gasteiger partial charge in [-0.15, -0.1) is 0 Å². The number of nitrogens with zero attached hydrogens (tertiary/aromatic N) is 1. The van der Waals surface area contributed by atoms with Crippen molar-refractivity contribution < 1.29 is 4.74 Å². The van der Waals surface area contributed by atoms with Crippen LogP contribution in [0.15, 0.2) is 48.5 Å². The molecule has 2 N–H and O–H groups in total. The van der Waals surface area contributed by atoms with Crippen molar-refractivity contribution in [3.8, 4) is 5.75 Å². The van der Waals surface area contributed by atoms with Crippen LogP contribution in [0.5, 0.6) is 5.75 Å². The first-order valence-corrected chi connectivity index (χ1v) is 7.49. The molecule has 0 unspecified atom stereocenters. The van der Waals surface area contributed by atoms with Crippen LogP contribution in [0.1, 0.15) is 18.9 Å². The SMILES string of the molecule is CCN(CCCOc1ccc(N)cc1)c1cccc(C)c1. The Balaban J connectivity index is 1.80. The van der Waals surface area contributed by atoms with Gasteiger partial charge in [-0.1, -0.05) is 12.1 Å². The van der Waals surface area contributed by atoms with Crippen LogP contribution in [0.3, 0.4) is 0 Å². The fourth-order valence-corrected chi connectivity index (χ4v) is 2.30. The minimum atomic E-state index is 0.715. The maximum atomic E-state index is 5.73. The number of anilines is 2. The smallest absolute Gasteiger partial charge is 0.119 e. The van der Waals surface area contributed by atoms with Crippen molar-refractivity contribution in [2.45, 2.75) is 20.3 Å². The number of hydrogen-bond donors (Lipinski definition) is 1. The third-order valence-electron chi connectivity index (χ3n) is 3.47. The maximum absolute atomic E-state index is 5.73. The lowest BCUT2D eigenvalue weighted by atomic mass is 10.2. The van der Waals surface area contributed by atoms with E-state index in [0.717, 1.165) is 30.9 Å². The van der Waals surface area contributed by atoms with E-state index in [-0.39, 0.29) is 0 Å². The van der Waals surface area contributed by atoms with Crippen LogP contribution in [-0.4, -0.2) is 19.7 Å². The summed E-state index contributed by atoms with van der Waals surface area (Å²) in [7, 11) is 0. The van der Waals surface area contributed by atoms with Gasteiger partial charge in [0.15, 0.2) is 0 Å². The fourth-order valence-electron chi connectivity index (χ4n) is 2.30. The Morgan fingerprint density at radius 1 is 1.10 bits per heavy atom. The van der Waals surface area contributed by atoms with E-state index in [4.69, 9.17) is 10.5 Å². The van der Waals surface area contributed by atoms with Gasteiger partial charge in [0, 0.05) is 24.5 Å². The molecule has 2 aromatic rings. The van der Waals surface area contributed by atoms with E-state index in [1.54, 1.807) is 0 Å². The van der Waals surface area contributed by atoms with E-state index in [2.05, 4.69) is 43.0 Å². The predicted molar refractivity (Wildman–Crippen MR) is 90.0 cm³/mol. The molecule has 2 rings (SSSR count). The Morgan fingerprint density at radius 2 is 1.86 bits per heavy atom. The highest BCUT2D eigenvalue weighted by Gasteiger charge is 2.04. The van der Waals surface area contributed by atoms with Crippen LogP contribution < -0.4 is 15.4 Å². The molecule has 0 aliphatic carbocycles. The summed E-state index contributed by atoms with van der Waals surface area (Å²) in [5.74, 6) is 0.878. The number of ether oxygens (including phenoxy) is 1. The van der Waals surface area contributed by atoms with E-state index in [0.29, 0.717) is 6.61 Å². The van der Waals surface area contributed by atoms with E-state index in [1.807, 2.05) is 24.3 Å².